The first-order chi connectivity index (χ1) is 14.5. The molecular weight excluding hydrogens is 386 g/mol. The Hall–Kier alpha value is -3.94. The highest BCUT2D eigenvalue weighted by Crippen LogP contribution is 2.44. The molecule has 0 aliphatic heterocycles. The molecule has 1 aliphatic rings. The summed E-state index contributed by atoms with van der Waals surface area (Å²) >= 11 is 0. The molecule has 1 unspecified atom stereocenters. The number of aliphatic carboxylic acids is 1. The summed E-state index contributed by atoms with van der Waals surface area (Å²) in [4.78, 5) is 41.8. The van der Waals surface area contributed by atoms with Gasteiger partial charge in [0, 0.05) is 24.1 Å². The number of carbonyl (C=O) groups is 2. The number of alkyl carbamates (subject to hydrolysis) is 1. The van der Waals surface area contributed by atoms with Gasteiger partial charge < -0.3 is 20.1 Å². The van der Waals surface area contributed by atoms with E-state index in [9.17, 15) is 19.5 Å². The van der Waals surface area contributed by atoms with Crippen LogP contribution in [-0.2, 0) is 16.0 Å². The van der Waals surface area contributed by atoms with Crippen molar-refractivity contribution < 1.29 is 19.4 Å². The molecule has 30 heavy (non-hydrogen) atoms. The third kappa shape index (κ3) is 3.80. The summed E-state index contributed by atoms with van der Waals surface area (Å²) in [5, 5.41) is 11.7. The Morgan fingerprint density at radius 3 is 2.33 bits per heavy atom. The summed E-state index contributed by atoms with van der Waals surface area (Å²) in [5.41, 5.74) is 4.02. The number of ether oxygens (including phenoxy) is 1. The number of rotatable bonds is 6. The fourth-order valence-corrected chi connectivity index (χ4v) is 3.72. The Labute approximate surface area is 171 Å². The fraction of sp³-hybridized carbons (Fsp3) is 0.182. The van der Waals surface area contributed by atoms with Gasteiger partial charge >= 0.3 is 12.1 Å². The number of benzene rings is 2. The van der Waals surface area contributed by atoms with Crippen LogP contribution in [0.1, 0.15) is 22.6 Å². The largest absolute Gasteiger partial charge is 0.480 e. The van der Waals surface area contributed by atoms with Crippen molar-refractivity contribution in [2.75, 3.05) is 6.61 Å². The topological polar surface area (TPSA) is 121 Å². The van der Waals surface area contributed by atoms with Crippen LogP contribution in [0.2, 0.25) is 0 Å². The van der Waals surface area contributed by atoms with E-state index in [1.165, 1.54) is 12.5 Å². The molecule has 0 radical (unpaired) electrons. The van der Waals surface area contributed by atoms with Crippen molar-refractivity contribution in [1.29, 1.82) is 0 Å². The standard InChI is InChI=1S/C22H19N3O5/c26-20-13(10-23-12-24-20)9-19(21(27)28)25-22(29)30-11-18-16-7-3-1-5-14(16)15-6-2-4-8-17(15)18/h1-8,10,12,18-19H,9,11H2,(H,25,29)(H,27,28)(H,23,24,26). The number of aromatic nitrogens is 2. The smallest absolute Gasteiger partial charge is 0.407 e. The predicted octanol–water partition coefficient (Wildman–Crippen LogP) is 2.30. The van der Waals surface area contributed by atoms with Crippen molar-refractivity contribution in [3.63, 3.8) is 0 Å². The second-order valence-electron chi connectivity index (χ2n) is 6.97. The van der Waals surface area contributed by atoms with E-state index in [1.807, 2.05) is 48.5 Å². The number of nitrogens with one attached hydrogen (secondary N) is 2. The summed E-state index contributed by atoms with van der Waals surface area (Å²) in [5.74, 6) is -1.40. The quantitative estimate of drug-likeness (QED) is 0.579. The number of hydrogen-bond donors (Lipinski definition) is 3. The van der Waals surface area contributed by atoms with Crippen LogP contribution in [0.4, 0.5) is 4.79 Å². The van der Waals surface area contributed by atoms with Gasteiger partial charge in [-0.2, -0.15) is 0 Å². The summed E-state index contributed by atoms with van der Waals surface area (Å²) in [6.07, 6.45) is 1.42. The molecule has 8 nitrogen and oxygen atoms in total. The molecule has 1 amide bonds. The summed E-state index contributed by atoms with van der Waals surface area (Å²) < 4.78 is 5.37. The van der Waals surface area contributed by atoms with Crippen LogP contribution in [0, 0.1) is 0 Å². The minimum absolute atomic E-state index is 0.0691. The number of hydrogen-bond acceptors (Lipinski definition) is 5. The van der Waals surface area contributed by atoms with Gasteiger partial charge in [0.05, 0.1) is 6.33 Å². The van der Waals surface area contributed by atoms with Crippen LogP contribution in [0.3, 0.4) is 0 Å². The Morgan fingerprint density at radius 2 is 1.73 bits per heavy atom. The lowest BCUT2D eigenvalue weighted by molar-refractivity contribution is -0.139. The molecule has 4 rings (SSSR count). The van der Waals surface area contributed by atoms with Crippen molar-refractivity contribution in [2.45, 2.75) is 18.4 Å². The second-order valence-corrected chi connectivity index (χ2v) is 6.97. The van der Waals surface area contributed by atoms with Gasteiger partial charge in [-0.3, -0.25) is 4.79 Å². The van der Waals surface area contributed by atoms with Crippen LogP contribution in [0.15, 0.2) is 65.8 Å². The molecule has 8 heteroatoms. The number of carbonyl (C=O) groups excluding carboxylic acids is 1. The van der Waals surface area contributed by atoms with Gasteiger partial charge in [-0.1, -0.05) is 48.5 Å². The van der Waals surface area contributed by atoms with Crippen molar-refractivity contribution >= 4 is 12.1 Å². The minimum Gasteiger partial charge on any atom is -0.480 e. The van der Waals surface area contributed by atoms with E-state index in [0.717, 1.165) is 22.3 Å². The number of carboxylic acid groups (broad SMARTS) is 1. The molecule has 1 atom stereocenters. The Balaban J connectivity index is 1.45. The van der Waals surface area contributed by atoms with Gasteiger partial charge in [0.2, 0.25) is 0 Å². The average Bonchev–Trinajstić information content (AvgIpc) is 3.07. The molecule has 0 saturated heterocycles. The fourth-order valence-electron chi connectivity index (χ4n) is 3.72. The van der Waals surface area contributed by atoms with E-state index in [-0.39, 0.29) is 24.5 Å². The average molecular weight is 405 g/mol. The van der Waals surface area contributed by atoms with Crippen LogP contribution in [0.25, 0.3) is 11.1 Å². The molecule has 0 bridgehead atoms. The van der Waals surface area contributed by atoms with E-state index in [0.29, 0.717) is 0 Å². The number of amides is 1. The zero-order chi connectivity index (χ0) is 21.1. The molecule has 2 aromatic carbocycles. The van der Waals surface area contributed by atoms with Gasteiger partial charge in [-0.15, -0.1) is 0 Å². The molecule has 1 aliphatic carbocycles. The molecule has 0 spiro atoms. The van der Waals surface area contributed by atoms with Gasteiger partial charge in [0.15, 0.2) is 0 Å². The van der Waals surface area contributed by atoms with Gasteiger partial charge in [-0.05, 0) is 22.3 Å². The molecule has 1 aromatic heterocycles. The number of H-pyrrole nitrogens is 1. The van der Waals surface area contributed by atoms with Crippen LogP contribution in [0.5, 0.6) is 0 Å². The summed E-state index contributed by atoms with van der Waals surface area (Å²) in [6, 6.07) is 14.5. The van der Waals surface area contributed by atoms with Crippen LogP contribution in [-0.4, -0.2) is 39.8 Å². The molecule has 152 valence electrons. The molecule has 1 heterocycles. The highest BCUT2D eigenvalue weighted by molar-refractivity contribution is 5.81. The SMILES string of the molecule is O=C(NC(Cc1cnc[nH]c1=O)C(=O)O)OCC1c2ccccc2-c2ccccc21. The Kier molecular flexibility index (Phi) is 5.30. The van der Waals surface area contributed by atoms with Gasteiger partial charge in [0.1, 0.15) is 12.6 Å². The van der Waals surface area contributed by atoms with Crippen molar-refractivity contribution in [2.24, 2.45) is 0 Å². The van der Waals surface area contributed by atoms with Crippen molar-refractivity contribution in [1.82, 2.24) is 15.3 Å². The third-order valence-electron chi connectivity index (χ3n) is 5.15. The molecule has 3 aromatic rings. The number of nitrogens with zero attached hydrogens (tertiary/aromatic N) is 1. The van der Waals surface area contributed by atoms with E-state index < -0.39 is 23.7 Å². The first-order valence-electron chi connectivity index (χ1n) is 9.40. The summed E-state index contributed by atoms with van der Waals surface area (Å²) in [7, 11) is 0. The lowest BCUT2D eigenvalue weighted by Gasteiger charge is -2.17. The maximum Gasteiger partial charge on any atom is 0.407 e. The van der Waals surface area contributed by atoms with Gasteiger partial charge in [-0.25, -0.2) is 14.6 Å². The van der Waals surface area contributed by atoms with E-state index >= 15 is 0 Å². The maximum atomic E-state index is 12.3. The lowest BCUT2D eigenvalue weighted by Crippen LogP contribution is -2.43. The van der Waals surface area contributed by atoms with Gasteiger partial charge in [0.25, 0.3) is 5.56 Å². The Bertz CT molecular complexity index is 1110. The zero-order valence-electron chi connectivity index (χ0n) is 15.9. The van der Waals surface area contributed by atoms with Crippen molar-refractivity contribution in [3.05, 3.63) is 88.1 Å². The molecule has 3 N–H and O–H groups in total. The number of carboxylic acids is 1. The monoisotopic (exact) mass is 405 g/mol. The van der Waals surface area contributed by atoms with Crippen LogP contribution < -0.4 is 10.9 Å². The maximum absolute atomic E-state index is 12.3. The van der Waals surface area contributed by atoms with Crippen LogP contribution >= 0.6 is 0 Å². The van der Waals surface area contributed by atoms with E-state index in [2.05, 4.69) is 15.3 Å². The van der Waals surface area contributed by atoms with E-state index in [4.69, 9.17) is 4.74 Å². The number of aromatic amines is 1. The third-order valence-corrected chi connectivity index (χ3v) is 5.15. The molecular formula is C22H19N3O5. The second kappa shape index (κ2) is 8.20. The van der Waals surface area contributed by atoms with E-state index in [1.54, 1.807) is 0 Å². The van der Waals surface area contributed by atoms with Crippen molar-refractivity contribution in [3.8, 4) is 11.1 Å². The number of fused-ring (bicyclic) bond motifs is 3. The Morgan fingerprint density at radius 1 is 1.10 bits per heavy atom. The molecule has 0 fully saturated rings. The summed E-state index contributed by atoms with van der Waals surface area (Å²) in [6.45, 7) is 0.0691. The normalized spacial score (nSPS) is 13.2. The molecule has 0 saturated carbocycles. The minimum atomic E-state index is -1.31. The zero-order valence-corrected chi connectivity index (χ0v) is 15.9. The first-order valence-corrected chi connectivity index (χ1v) is 9.40. The predicted molar refractivity (Wildman–Crippen MR) is 108 cm³/mol. The lowest BCUT2D eigenvalue weighted by atomic mass is 9.98. The first kappa shape index (κ1) is 19.4. The highest BCUT2D eigenvalue weighted by Gasteiger charge is 2.30. The highest BCUT2D eigenvalue weighted by atomic mass is 16.5.